The molecule has 0 fully saturated rings. The first-order valence-electron chi connectivity index (χ1n) is 3.03. The molecule has 0 heterocycles. The third-order valence-corrected chi connectivity index (χ3v) is 1.00. The zero-order chi connectivity index (χ0) is 7.28. The van der Waals surface area contributed by atoms with Gasteiger partial charge in [-0.3, -0.25) is 4.79 Å². The fourth-order valence-corrected chi connectivity index (χ4v) is 0.398. The molecule has 0 radical (unpaired) electrons. The van der Waals surface area contributed by atoms with E-state index in [1.54, 1.807) is 6.92 Å². The molecule has 0 aliphatic carbocycles. The van der Waals surface area contributed by atoms with Crippen LogP contribution in [0.4, 0.5) is 0 Å². The van der Waals surface area contributed by atoms with E-state index in [1.165, 1.54) is 0 Å². The predicted octanol–water partition coefficient (Wildman–Crippen LogP) is 1.26. The fourth-order valence-electron chi connectivity index (χ4n) is 0.323. The highest BCUT2D eigenvalue weighted by Gasteiger charge is 2.06. The third-order valence-electron chi connectivity index (χ3n) is 0.790. The first-order chi connectivity index (χ1) is 4.18. The van der Waals surface area contributed by atoms with Gasteiger partial charge in [0.15, 0.2) is 0 Å². The molecule has 0 aliphatic heterocycles. The van der Waals surface area contributed by atoms with E-state index in [2.05, 4.69) is 12.6 Å². The zero-order valence-electron chi connectivity index (χ0n) is 5.76. The van der Waals surface area contributed by atoms with Crippen LogP contribution >= 0.6 is 12.6 Å². The Morgan fingerprint density at radius 1 is 1.78 bits per heavy atom. The minimum absolute atomic E-state index is 0.236. The van der Waals surface area contributed by atoms with Gasteiger partial charge in [-0.15, -0.1) is 0 Å². The van der Waals surface area contributed by atoms with Gasteiger partial charge in [0.1, 0.15) is 0 Å². The molecule has 54 valence electrons. The minimum Gasteiger partial charge on any atom is -0.465 e. The van der Waals surface area contributed by atoms with Crippen LogP contribution in [-0.2, 0) is 9.53 Å². The van der Waals surface area contributed by atoms with Gasteiger partial charge >= 0.3 is 5.97 Å². The second kappa shape index (κ2) is 4.68. The van der Waals surface area contributed by atoms with Crippen molar-refractivity contribution in [3.63, 3.8) is 0 Å². The lowest BCUT2D eigenvalue weighted by molar-refractivity contribution is -0.142. The summed E-state index contributed by atoms with van der Waals surface area (Å²) in [7, 11) is 0. The number of esters is 1. The summed E-state index contributed by atoms with van der Waals surface area (Å²) >= 11 is 3.89. The number of rotatable bonds is 3. The molecule has 0 saturated heterocycles. The molecule has 0 aromatic carbocycles. The van der Waals surface area contributed by atoms with Gasteiger partial charge in [-0.05, 0) is 13.3 Å². The molecule has 0 aliphatic rings. The number of thiol groups is 1. The molecular formula is C6H12O2S. The average Bonchev–Trinajstić information content (AvgIpc) is 1.82. The highest BCUT2D eigenvalue weighted by Crippen LogP contribution is 1.95. The monoisotopic (exact) mass is 148 g/mol. The van der Waals surface area contributed by atoms with Gasteiger partial charge in [0.2, 0.25) is 0 Å². The van der Waals surface area contributed by atoms with Crippen molar-refractivity contribution in [1.29, 1.82) is 0 Å². The standard InChI is InChI=1S/C6H12O2S/c1-3-4-8-6(7)5(2)9/h5,9H,3-4H2,1-2H3/t5-/m1/s1. The Kier molecular flexibility index (Phi) is 4.58. The van der Waals surface area contributed by atoms with Crippen LogP contribution in [0.2, 0.25) is 0 Å². The first-order valence-corrected chi connectivity index (χ1v) is 3.54. The largest absolute Gasteiger partial charge is 0.465 e. The van der Waals surface area contributed by atoms with Gasteiger partial charge in [0.05, 0.1) is 11.9 Å². The summed E-state index contributed by atoms with van der Waals surface area (Å²) in [6.45, 7) is 4.15. The molecular weight excluding hydrogens is 136 g/mol. The Morgan fingerprint density at radius 2 is 2.33 bits per heavy atom. The second-order valence-corrected chi connectivity index (χ2v) is 2.62. The van der Waals surface area contributed by atoms with Gasteiger partial charge in [-0.25, -0.2) is 0 Å². The van der Waals surface area contributed by atoms with Crippen molar-refractivity contribution in [3.05, 3.63) is 0 Å². The Bertz CT molecular complexity index is 91.1. The maximum absolute atomic E-state index is 10.6. The van der Waals surface area contributed by atoms with Crippen LogP contribution in [0.3, 0.4) is 0 Å². The van der Waals surface area contributed by atoms with E-state index in [4.69, 9.17) is 4.74 Å². The maximum atomic E-state index is 10.6. The van der Waals surface area contributed by atoms with E-state index in [0.717, 1.165) is 6.42 Å². The number of carbonyl (C=O) groups excluding carboxylic acids is 1. The molecule has 1 atom stereocenters. The Labute approximate surface area is 61.0 Å². The summed E-state index contributed by atoms with van der Waals surface area (Å²) in [4.78, 5) is 10.6. The number of hydrogen-bond donors (Lipinski definition) is 1. The van der Waals surface area contributed by atoms with Gasteiger partial charge < -0.3 is 4.74 Å². The smallest absolute Gasteiger partial charge is 0.318 e. The van der Waals surface area contributed by atoms with Crippen molar-refractivity contribution in [3.8, 4) is 0 Å². The molecule has 9 heavy (non-hydrogen) atoms. The molecule has 0 aromatic rings. The lowest BCUT2D eigenvalue weighted by atomic mass is 10.5. The number of carbonyl (C=O) groups is 1. The average molecular weight is 148 g/mol. The summed E-state index contributed by atoms with van der Waals surface area (Å²) in [6, 6.07) is 0. The molecule has 0 N–H and O–H groups in total. The van der Waals surface area contributed by atoms with Gasteiger partial charge in [0, 0.05) is 0 Å². The molecule has 0 saturated carbocycles. The van der Waals surface area contributed by atoms with Crippen LogP contribution in [0, 0.1) is 0 Å². The van der Waals surface area contributed by atoms with Crippen molar-refractivity contribution < 1.29 is 9.53 Å². The minimum atomic E-state index is -0.295. The van der Waals surface area contributed by atoms with Crippen molar-refractivity contribution >= 4 is 18.6 Å². The quantitative estimate of drug-likeness (QED) is 0.481. The molecule has 0 unspecified atom stereocenters. The molecule has 2 nitrogen and oxygen atoms in total. The van der Waals surface area contributed by atoms with Crippen LogP contribution in [0.25, 0.3) is 0 Å². The van der Waals surface area contributed by atoms with Crippen LogP contribution in [0.15, 0.2) is 0 Å². The third kappa shape index (κ3) is 4.33. The highest BCUT2D eigenvalue weighted by molar-refractivity contribution is 7.81. The molecule has 0 bridgehead atoms. The SMILES string of the molecule is CCCOC(=O)[C@@H](C)S. The summed E-state index contributed by atoms with van der Waals surface area (Å²) < 4.78 is 4.74. The summed E-state index contributed by atoms with van der Waals surface area (Å²) in [5, 5.41) is -0.295. The predicted molar refractivity (Wildman–Crippen MR) is 39.7 cm³/mol. The Hall–Kier alpha value is -0.180. The normalized spacial score (nSPS) is 12.8. The van der Waals surface area contributed by atoms with Crippen LogP contribution in [-0.4, -0.2) is 17.8 Å². The fraction of sp³-hybridized carbons (Fsp3) is 0.833. The van der Waals surface area contributed by atoms with Crippen LogP contribution in [0.5, 0.6) is 0 Å². The Balaban J connectivity index is 3.28. The number of hydrogen-bond acceptors (Lipinski definition) is 3. The van der Waals surface area contributed by atoms with E-state index in [0.29, 0.717) is 6.61 Å². The summed E-state index contributed by atoms with van der Waals surface area (Å²) in [6.07, 6.45) is 0.867. The van der Waals surface area contributed by atoms with E-state index >= 15 is 0 Å². The van der Waals surface area contributed by atoms with Crippen molar-refractivity contribution in [2.75, 3.05) is 6.61 Å². The number of ether oxygens (including phenoxy) is 1. The molecule has 0 rings (SSSR count). The van der Waals surface area contributed by atoms with Crippen LogP contribution < -0.4 is 0 Å². The van der Waals surface area contributed by atoms with E-state index in [-0.39, 0.29) is 11.2 Å². The van der Waals surface area contributed by atoms with Gasteiger partial charge in [0.25, 0.3) is 0 Å². The molecule has 3 heteroatoms. The summed E-state index contributed by atoms with van der Waals surface area (Å²) in [5.74, 6) is -0.236. The molecule has 0 spiro atoms. The Morgan fingerprint density at radius 3 is 2.67 bits per heavy atom. The lowest BCUT2D eigenvalue weighted by Crippen LogP contribution is -2.14. The lowest BCUT2D eigenvalue weighted by Gasteiger charge is -2.03. The maximum Gasteiger partial charge on any atom is 0.318 e. The summed E-state index contributed by atoms with van der Waals surface area (Å²) in [5.41, 5.74) is 0. The second-order valence-electron chi connectivity index (χ2n) is 1.84. The zero-order valence-corrected chi connectivity index (χ0v) is 6.65. The van der Waals surface area contributed by atoms with Crippen molar-refractivity contribution in [2.45, 2.75) is 25.5 Å². The highest BCUT2D eigenvalue weighted by atomic mass is 32.1. The van der Waals surface area contributed by atoms with Crippen molar-refractivity contribution in [1.82, 2.24) is 0 Å². The van der Waals surface area contributed by atoms with E-state index in [1.807, 2.05) is 6.92 Å². The molecule has 0 aromatic heterocycles. The van der Waals surface area contributed by atoms with Crippen LogP contribution in [0.1, 0.15) is 20.3 Å². The molecule has 0 amide bonds. The van der Waals surface area contributed by atoms with E-state index < -0.39 is 0 Å². The first kappa shape index (κ1) is 8.82. The van der Waals surface area contributed by atoms with E-state index in [9.17, 15) is 4.79 Å². The topological polar surface area (TPSA) is 26.3 Å². The van der Waals surface area contributed by atoms with Gasteiger partial charge in [-0.1, -0.05) is 6.92 Å². The van der Waals surface area contributed by atoms with Gasteiger partial charge in [-0.2, -0.15) is 12.6 Å². The van der Waals surface area contributed by atoms with Crippen molar-refractivity contribution in [2.24, 2.45) is 0 Å².